The predicted molar refractivity (Wildman–Crippen MR) is 105 cm³/mol. The van der Waals surface area contributed by atoms with Gasteiger partial charge in [-0.1, -0.05) is 25.0 Å². The van der Waals surface area contributed by atoms with Crippen LogP contribution in [0.1, 0.15) is 50.1 Å². The predicted octanol–water partition coefficient (Wildman–Crippen LogP) is 2.81. The smallest absolute Gasteiger partial charge is 0.226 e. The van der Waals surface area contributed by atoms with Gasteiger partial charge in [0.1, 0.15) is 5.75 Å². The second-order valence-corrected chi connectivity index (χ2v) is 9.59. The van der Waals surface area contributed by atoms with E-state index in [1.807, 2.05) is 12.1 Å². The van der Waals surface area contributed by atoms with Crippen molar-refractivity contribution in [2.75, 3.05) is 33.0 Å². The van der Waals surface area contributed by atoms with Gasteiger partial charge in [0.25, 0.3) is 0 Å². The molecule has 0 spiro atoms. The summed E-state index contributed by atoms with van der Waals surface area (Å²) in [5, 5.41) is 0. The molecule has 2 aliphatic heterocycles. The molecule has 1 amide bonds. The van der Waals surface area contributed by atoms with Crippen molar-refractivity contribution in [1.29, 1.82) is 0 Å². The number of rotatable bonds is 4. The van der Waals surface area contributed by atoms with E-state index in [-0.39, 0.29) is 17.9 Å². The molecule has 2 aliphatic rings. The van der Waals surface area contributed by atoms with Gasteiger partial charge in [-0.05, 0) is 43.4 Å². The minimum absolute atomic E-state index is 0.0816. The van der Waals surface area contributed by atoms with Gasteiger partial charge in [-0.3, -0.25) is 4.79 Å². The van der Waals surface area contributed by atoms with Crippen LogP contribution in [0.4, 0.5) is 0 Å². The number of carbonyl (C=O) groups is 1. The van der Waals surface area contributed by atoms with Gasteiger partial charge in [0.05, 0.1) is 19.4 Å². The number of ether oxygens (including phenoxy) is 1. The molecule has 150 valence electrons. The number of piperidine rings is 1. The van der Waals surface area contributed by atoms with Crippen LogP contribution in [0.2, 0.25) is 0 Å². The molecule has 2 heterocycles. The van der Waals surface area contributed by atoms with E-state index in [1.54, 1.807) is 7.11 Å². The van der Waals surface area contributed by atoms with Crippen LogP contribution in [-0.4, -0.2) is 56.5 Å². The van der Waals surface area contributed by atoms with E-state index in [1.165, 1.54) is 10.6 Å². The van der Waals surface area contributed by atoms with Crippen molar-refractivity contribution in [1.82, 2.24) is 9.21 Å². The molecule has 1 aromatic carbocycles. The quantitative estimate of drug-likeness (QED) is 0.788. The summed E-state index contributed by atoms with van der Waals surface area (Å²) in [5.41, 5.74) is 1.15. The van der Waals surface area contributed by atoms with E-state index >= 15 is 0 Å². The summed E-state index contributed by atoms with van der Waals surface area (Å²) in [7, 11) is -1.52. The topological polar surface area (TPSA) is 66.9 Å². The van der Waals surface area contributed by atoms with Gasteiger partial charge in [0, 0.05) is 25.6 Å². The lowest BCUT2D eigenvalue weighted by atomic mass is 9.94. The number of likely N-dealkylation sites (tertiary alicyclic amines) is 1. The minimum atomic E-state index is -3.17. The largest absolute Gasteiger partial charge is 0.497 e. The maximum Gasteiger partial charge on any atom is 0.226 e. The molecule has 0 aromatic heterocycles. The molecule has 1 aromatic rings. The van der Waals surface area contributed by atoms with Crippen LogP contribution in [-0.2, 0) is 14.8 Å². The maximum absolute atomic E-state index is 13.3. The second kappa shape index (κ2) is 8.61. The van der Waals surface area contributed by atoms with Gasteiger partial charge in [-0.15, -0.1) is 0 Å². The van der Waals surface area contributed by atoms with Crippen LogP contribution >= 0.6 is 0 Å². The SMILES string of the molecule is COc1ccc(C2CCCCCN2C(=O)C2CCN(S(C)(=O)=O)CC2)cc1. The monoisotopic (exact) mass is 394 g/mol. The molecule has 0 N–H and O–H groups in total. The van der Waals surface area contributed by atoms with Gasteiger partial charge in [-0.25, -0.2) is 12.7 Å². The fraction of sp³-hybridized carbons (Fsp3) is 0.650. The normalized spacial score (nSPS) is 23.0. The Kier molecular flexibility index (Phi) is 6.42. The molecule has 0 bridgehead atoms. The zero-order valence-corrected chi connectivity index (χ0v) is 17.1. The molecule has 3 rings (SSSR count). The van der Waals surface area contributed by atoms with Crippen molar-refractivity contribution in [3.05, 3.63) is 29.8 Å². The van der Waals surface area contributed by atoms with Gasteiger partial charge >= 0.3 is 0 Å². The Hall–Kier alpha value is -1.60. The van der Waals surface area contributed by atoms with Crippen molar-refractivity contribution in [2.45, 2.75) is 44.6 Å². The fourth-order valence-electron chi connectivity index (χ4n) is 4.21. The Balaban J connectivity index is 1.74. The summed E-state index contributed by atoms with van der Waals surface area (Å²) in [4.78, 5) is 15.4. The van der Waals surface area contributed by atoms with E-state index in [9.17, 15) is 13.2 Å². The molecule has 6 nitrogen and oxygen atoms in total. The summed E-state index contributed by atoms with van der Waals surface area (Å²) < 4.78 is 30.2. The molecule has 1 unspecified atom stereocenters. The third kappa shape index (κ3) is 4.82. The summed E-state index contributed by atoms with van der Waals surface area (Å²) in [6.45, 7) is 1.66. The number of nitrogens with zero attached hydrogens (tertiary/aromatic N) is 2. The average molecular weight is 395 g/mol. The van der Waals surface area contributed by atoms with Gasteiger partial charge in [0.15, 0.2) is 0 Å². The first-order chi connectivity index (χ1) is 12.9. The van der Waals surface area contributed by atoms with Gasteiger partial charge < -0.3 is 9.64 Å². The highest BCUT2D eigenvalue weighted by atomic mass is 32.2. The Bertz CT molecular complexity index is 740. The lowest BCUT2D eigenvalue weighted by Crippen LogP contribution is -2.45. The summed E-state index contributed by atoms with van der Waals surface area (Å²) in [6.07, 6.45) is 6.72. The van der Waals surface area contributed by atoms with Crippen molar-refractivity contribution >= 4 is 15.9 Å². The summed E-state index contributed by atoms with van der Waals surface area (Å²) >= 11 is 0. The molecule has 7 heteroatoms. The van der Waals surface area contributed by atoms with Crippen molar-refractivity contribution in [3.63, 3.8) is 0 Å². The van der Waals surface area contributed by atoms with Crippen molar-refractivity contribution < 1.29 is 17.9 Å². The van der Waals surface area contributed by atoms with E-state index in [0.717, 1.165) is 43.5 Å². The van der Waals surface area contributed by atoms with E-state index in [2.05, 4.69) is 17.0 Å². The third-order valence-corrected chi connectivity index (χ3v) is 7.11. The first kappa shape index (κ1) is 20.1. The van der Waals surface area contributed by atoms with E-state index in [4.69, 9.17) is 4.74 Å². The lowest BCUT2D eigenvalue weighted by molar-refractivity contribution is -0.139. The standard InChI is InChI=1S/C20H30N2O4S/c1-26-18-9-7-16(8-10-18)19-6-4-3-5-13-22(19)20(23)17-11-14-21(15-12-17)27(2,24)25/h7-10,17,19H,3-6,11-15H2,1-2H3. The fourth-order valence-corrected chi connectivity index (χ4v) is 5.09. The number of hydrogen-bond donors (Lipinski definition) is 0. The van der Waals surface area contributed by atoms with Crippen molar-refractivity contribution in [2.24, 2.45) is 5.92 Å². The molecule has 0 saturated carbocycles. The minimum Gasteiger partial charge on any atom is -0.497 e. The van der Waals surface area contributed by atoms with Crippen molar-refractivity contribution in [3.8, 4) is 5.75 Å². The molecule has 1 atom stereocenters. The third-order valence-electron chi connectivity index (χ3n) is 5.81. The number of sulfonamides is 1. The van der Waals surface area contributed by atoms with E-state index < -0.39 is 10.0 Å². The zero-order valence-electron chi connectivity index (χ0n) is 16.3. The second-order valence-electron chi connectivity index (χ2n) is 7.61. The maximum atomic E-state index is 13.3. The Morgan fingerprint density at radius 3 is 2.26 bits per heavy atom. The van der Waals surface area contributed by atoms with E-state index in [0.29, 0.717) is 25.9 Å². The highest BCUT2D eigenvalue weighted by Crippen LogP contribution is 2.34. The Labute approximate surface area is 162 Å². The van der Waals surface area contributed by atoms with Crippen LogP contribution in [0.5, 0.6) is 5.75 Å². The highest BCUT2D eigenvalue weighted by Gasteiger charge is 2.34. The average Bonchev–Trinajstić information content (AvgIpc) is 2.93. The van der Waals surface area contributed by atoms with Crippen LogP contribution in [0.25, 0.3) is 0 Å². The Morgan fingerprint density at radius 1 is 1.00 bits per heavy atom. The first-order valence-corrected chi connectivity index (χ1v) is 11.6. The van der Waals surface area contributed by atoms with Crippen LogP contribution in [0.15, 0.2) is 24.3 Å². The first-order valence-electron chi connectivity index (χ1n) is 9.79. The number of methoxy groups -OCH3 is 1. The van der Waals surface area contributed by atoms with Gasteiger partial charge in [0.2, 0.25) is 15.9 Å². The van der Waals surface area contributed by atoms with Crippen LogP contribution in [0, 0.1) is 5.92 Å². The molecule has 0 aliphatic carbocycles. The summed E-state index contributed by atoms with van der Waals surface area (Å²) in [5.74, 6) is 0.922. The number of carbonyl (C=O) groups excluding carboxylic acids is 1. The summed E-state index contributed by atoms with van der Waals surface area (Å²) in [6, 6.07) is 8.11. The molecular formula is C20H30N2O4S. The molecule has 2 saturated heterocycles. The highest BCUT2D eigenvalue weighted by molar-refractivity contribution is 7.88. The molecule has 2 fully saturated rings. The lowest BCUT2D eigenvalue weighted by Gasteiger charge is -2.36. The zero-order chi connectivity index (χ0) is 19.4. The Morgan fingerprint density at radius 2 is 1.67 bits per heavy atom. The van der Waals surface area contributed by atoms with Crippen LogP contribution in [0.3, 0.4) is 0 Å². The van der Waals surface area contributed by atoms with Gasteiger partial charge in [-0.2, -0.15) is 0 Å². The number of hydrogen-bond acceptors (Lipinski definition) is 4. The molecule has 27 heavy (non-hydrogen) atoms. The molecule has 0 radical (unpaired) electrons. The number of benzene rings is 1. The molecular weight excluding hydrogens is 364 g/mol. The van der Waals surface area contributed by atoms with Crippen LogP contribution < -0.4 is 4.74 Å². The number of amides is 1.